The zero-order valence-electron chi connectivity index (χ0n) is 8.17. The minimum atomic E-state index is -1.05. The van der Waals surface area contributed by atoms with Crippen LogP contribution < -0.4 is 5.32 Å². The number of nitrogens with one attached hydrogen (secondary N) is 1. The topological polar surface area (TPSA) is 66.4 Å². The van der Waals surface area contributed by atoms with E-state index in [1.807, 2.05) is 0 Å². The highest BCUT2D eigenvalue weighted by molar-refractivity contribution is 6.31. The van der Waals surface area contributed by atoms with Crippen molar-refractivity contribution in [3.8, 4) is 0 Å². The molecule has 1 rings (SSSR count). The fraction of sp³-hybridized carbons (Fsp3) is 0.200. The van der Waals surface area contributed by atoms with Crippen molar-refractivity contribution in [1.82, 2.24) is 0 Å². The largest absolute Gasteiger partial charge is 0.481 e. The van der Waals surface area contributed by atoms with E-state index in [2.05, 4.69) is 5.32 Å². The lowest BCUT2D eigenvalue weighted by atomic mass is 10.2. The normalized spacial score (nSPS) is 9.88. The van der Waals surface area contributed by atoms with Gasteiger partial charge in [-0.1, -0.05) is 11.6 Å². The van der Waals surface area contributed by atoms with Crippen LogP contribution in [0.3, 0.4) is 0 Å². The van der Waals surface area contributed by atoms with Crippen molar-refractivity contribution in [3.63, 3.8) is 0 Å². The van der Waals surface area contributed by atoms with Crippen molar-refractivity contribution in [2.24, 2.45) is 0 Å². The van der Waals surface area contributed by atoms with Crippen LogP contribution in [0.2, 0.25) is 5.02 Å². The van der Waals surface area contributed by atoms with Crippen molar-refractivity contribution in [1.29, 1.82) is 0 Å². The minimum absolute atomic E-state index is 0.101. The fourth-order valence-corrected chi connectivity index (χ4v) is 1.20. The number of benzene rings is 1. The molecular formula is C10H9ClFNO3. The van der Waals surface area contributed by atoms with Crippen LogP contribution in [0.15, 0.2) is 18.2 Å². The molecule has 6 heteroatoms. The Morgan fingerprint density at radius 1 is 1.38 bits per heavy atom. The summed E-state index contributed by atoms with van der Waals surface area (Å²) in [5.41, 5.74) is 0.335. The molecule has 1 amide bonds. The summed E-state index contributed by atoms with van der Waals surface area (Å²) in [6.45, 7) is 0. The summed E-state index contributed by atoms with van der Waals surface area (Å²) in [5, 5.41) is 10.7. The summed E-state index contributed by atoms with van der Waals surface area (Å²) in [5.74, 6) is -2.08. The summed E-state index contributed by atoms with van der Waals surface area (Å²) < 4.78 is 12.8. The first kappa shape index (κ1) is 12.4. The molecule has 0 fully saturated rings. The van der Waals surface area contributed by atoms with E-state index < -0.39 is 17.7 Å². The van der Waals surface area contributed by atoms with Crippen LogP contribution in [0.1, 0.15) is 12.8 Å². The van der Waals surface area contributed by atoms with E-state index in [0.29, 0.717) is 5.69 Å². The van der Waals surface area contributed by atoms with Gasteiger partial charge in [-0.15, -0.1) is 0 Å². The monoisotopic (exact) mass is 245 g/mol. The Morgan fingerprint density at radius 2 is 2.06 bits per heavy atom. The summed E-state index contributed by atoms with van der Waals surface area (Å²) >= 11 is 5.50. The average Bonchev–Trinajstić information content (AvgIpc) is 2.21. The van der Waals surface area contributed by atoms with E-state index >= 15 is 0 Å². The predicted molar refractivity (Wildman–Crippen MR) is 56.9 cm³/mol. The molecule has 0 spiro atoms. The van der Waals surface area contributed by atoms with Crippen LogP contribution in [-0.4, -0.2) is 17.0 Å². The Labute approximate surface area is 96.0 Å². The van der Waals surface area contributed by atoms with Gasteiger partial charge in [0.25, 0.3) is 0 Å². The molecule has 1 aromatic rings. The number of aliphatic carboxylic acids is 1. The molecule has 0 saturated heterocycles. The number of carbonyl (C=O) groups is 2. The smallest absolute Gasteiger partial charge is 0.303 e. The van der Waals surface area contributed by atoms with Crippen molar-refractivity contribution < 1.29 is 19.1 Å². The maximum absolute atomic E-state index is 12.8. The third-order valence-corrected chi connectivity index (χ3v) is 2.06. The predicted octanol–water partition coefficient (Wildman–Crippen LogP) is 2.28. The summed E-state index contributed by atoms with van der Waals surface area (Å²) in [6, 6.07) is 3.73. The standard InChI is InChI=1S/C10H9ClFNO3/c11-7-5-6(1-2-8(7)12)13-9(14)3-4-10(15)16/h1-2,5H,3-4H2,(H,13,14)(H,15,16). The van der Waals surface area contributed by atoms with Gasteiger partial charge in [0.15, 0.2) is 0 Å². The first-order valence-electron chi connectivity index (χ1n) is 4.45. The molecule has 16 heavy (non-hydrogen) atoms. The molecule has 86 valence electrons. The summed E-state index contributed by atoms with van der Waals surface area (Å²) in [4.78, 5) is 21.4. The quantitative estimate of drug-likeness (QED) is 0.855. The van der Waals surface area contributed by atoms with Gasteiger partial charge in [-0.25, -0.2) is 4.39 Å². The Kier molecular flexibility index (Phi) is 4.25. The van der Waals surface area contributed by atoms with Crippen molar-refractivity contribution in [2.45, 2.75) is 12.8 Å². The van der Waals surface area contributed by atoms with Gasteiger partial charge in [0, 0.05) is 12.1 Å². The Bertz CT molecular complexity index is 423. The Hall–Kier alpha value is -1.62. The maximum atomic E-state index is 12.8. The average molecular weight is 246 g/mol. The molecule has 0 bridgehead atoms. The van der Waals surface area contributed by atoms with Gasteiger partial charge in [-0.3, -0.25) is 9.59 Å². The van der Waals surface area contributed by atoms with E-state index in [9.17, 15) is 14.0 Å². The van der Waals surface area contributed by atoms with Crippen LogP contribution in [-0.2, 0) is 9.59 Å². The lowest BCUT2D eigenvalue weighted by Gasteiger charge is -2.04. The molecular weight excluding hydrogens is 237 g/mol. The van der Waals surface area contributed by atoms with Crippen molar-refractivity contribution in [3.05, 3.63) is 29.0 Å². The number of carboxylic acids is 1. The van der Waals surface area contributed by atoms with E-state index in [1.165, 1.54) is 12.1 Å². The van der Waals surface area contributed by atoms with Crippen LogP contribution in [0.25, 0.3) is 0 Å². The second kappa shape index (κ2) is 5.46. The molecule has 1 aromatic carbocycles. The molecule has 4 nitrogen and oxygen atoms in total. The maximum Gasteiger partial charge on any atom is 0.303 e. The molecule has 0 heterocycles. The Balaban J connectivity index is 2.56. The number of hydrogen-bond acceptors (Lipinski definition) is 2. The van der Waals surface area contributed by atoms with Gasteiger partial charge in [0.2, 0.25) is 5.91 Å². The fourth-order valence-electron chi connectivity index (χ4n) is 1.02. The molecule has 0 radical (unpaired) electrons. The molecule has 0 atom stereocenters. The number of rotatable bonds is 4. The second-order valence-electron chi connectivity index (χ2n) is 3.07. The molecule has 0 aliphatic carbocycles. The number of carboxylic acid groups (broad SMARTS) is 1. The molecule has 0 aliphatic rings. The van der Waals surface area contributed by atoms with Gasteiger partial charge in [-0.05, 0) is 18.2 Å². The van der Waals surface area contributed by atoms with Crippen LogP contribution >= 0.6 is 11.6 Å². The number of halogens is 2. The highest BCUT2D eigenvalue weighted by Crippen LogP contribution is 2.19. The van der Waals surface area contributed by atoms with E-state index in [-0.39, 0.29) is 17.9 Å². The van der Waals surface area contributed by atoms with Crippen molar-refractivity contribution >= 4 is 29.2 Å². The highest BCUT2D eigenvalue weighted by atomic mass is 35.5. The zero-order chi connectivity index (χ0) is 12.1. The van der Waals surface area contributed by atoms with Crippen LogP contribution in [0, 0.1) is 5.82 Å². The lowest BCUT2D eigenvalue weighted by molar-refractivity contribution is -0.138. The zero-order valence-corrected chi connectivity index (χ0v) is 8.92. The third kappa shape index (κ3) is 3.86. The van der Waals surface area contributed by atoms with Gasteiger partial charge in [0.1, 0.15) is 5.82 Å². The first-order valence-corrected chi connectivity index (χ1v) is 4.83. The van der Waals surface area contributed by atoms with Gasteiger partial charge >= 0.3 is 5.97 Å². The highest BCUT2D eigenvalue weighted by Gasteiger charge is 2.07. The Morgan fingerprint density at radius 3 is 2.62 bits per heavy atom. The molecule has 0 aromatic heterocycles. The van der Waals surface area contributed by atoms with Crippen molar-refractivity contribution in [2.75, 3.05) is 5.32 Å². The molecule has 0 saturated carbocycles. The number of hydrogen-bond donors (Lipinski definition) is 2. The van der Waals surface area contributed by atoms with E-state index in [1.54, 1.807) is 0 Å². The van der Waals surface area contributed by atoms with E-state index in [4.69, 9.17) is 16.7 Å². The van der Waals surface area contributed by atoms with Gasteiger partial charge in [-0.2, -0.15) is 0 Å². The van der Waals surface area contributed by atoms with Gasteiger partial charge < -0.3 is 10.4 Å². The number of carbonyl (C=O) groups excluding carboxylic acids is 1. The summed E-state index contributed by atoms with van der Waals surface area (Å²) in [6.07, 6.45) is -0.384. The number of amides is 1. The number of anilines is 1. The minimum Gasteiger partial charge on any atom is -0.481 e. The lowest BCUT2D eigenvalue weighted by Crippen LogP contribution is -2.13. The van der Waals surface area contributed by atoms with E-state index in [0.717, 1.165) is 6.07 Å². The second-order valence-corrected chi connectivity index (χ2v) is 3.48. The summed E-state index contributed by atoms with van der Waals surface area (Å²) in [7, 11) is 0. The van der Waals surface area contributed by atoms with Crippen LogP contribution in [0.5, 0.6) is 0 Å². The SMILES string of the molecule is O=C(O)CCC(=O)Nc1ccc(F)c(Cl)c1. The first-order chi connectivity index (χ1) is 7.49. The van der Waals surface area contributed by atoms with Crippen LogP contribution in [0.4, 0.5) is 10.1 Å². The molecule has 2 N–H and O–H groups in total. The molecule has 0 unspecified atom stereocenters. The third-order valence-electron chi connectivity index (χ3n) is 1.77. The molecule has 0 aliphatic heterocycles. The van der Waals surface area contributed by atoms with Gasteiger partial charge in [0.05, 0.1) is 11.4 Å².